The fourth-order valence-electron chi connectivity index (χ4n) is 0.776. The van der Waals surface area contributed by atoms with Crippen molar-refractivity contribution in [2.75, 3.05) is 0 Å². The molecule has 1 aromatic rings. The lowest BCUT2D eigenvalue weighted by Crippen LogP contribution is -1.83. The van der Waals surface area contributed by atoms with Crippen molar-refractivity contribution in [3.63, 3.8) is 0 Å². The third-order valence-electron chi connectivity index (χ3n) is 1.41. The van der Waals surface area contributed by atoms with E-state index in [4.69, 9.17) is 5.73 Å². The smallest absolute Gasteiger partial charge is 0.0525 e. The number of allylic oxidation sites excluding steroid dienone is 1. The molecule has 0 saturated heterocycles. The van der Waals surface area contributed by atoms with Crippen LogP contribution in [0.4, 0.5) is 0 Å². The zero-order valence-corrected chi connectivity index (χ0v) is 5.96. The van der Waals surface area contributed by atoms with Gasteiger partial charge in [0.25, 0.3) is 0 Å². The van der Waals surface area contributed by atoms with E-state index in [-0.39, 0.29) is 0 Å². The fourth-order valence-corrected chi connectivity index (χ4v) is 0.776. The largest absolute Gasteiger partial charge is 0.405 e. The second kappa shape index (κ2) is 3.06. The number of hydrogen-bond donors (Lipinski definition) is 2. The minimum absolute atomic E-state index is 0.860. The SMILES string of the molecule is Cc1[nH]ncc1C/C=C\N. The van der Waals surface area contributed by atoms with Crippen LogP contribution in [-0.2, 0) is 6.42 Å². The van der Waals surface area contributed by atoms with E-state index in [2.05, 4.69) is 10.2 Å². The average Bonchev–Trinajstić information content (AvgIpc) is 2.31. The van der Waals surface area contributed by atoms with Crippen molar-refractivity contribution in [2.45, 2.75) is 13.3 Å². The van der Waals surface area contributed by atoms with Gasteiger partial charge in [0.2, 0.25) is 0 Å². The topological polar surface area (TPSA) is 54.7 Å². The summed E-state index contributed by atoms with van der Waals surface area (Å²) < 4.78 is 0. The number of nitrogens with two attached hydrogens (primary N) is 1. The zero-order chi connectivity index (χ0) is 7.40. The van der Waals surface area contributed by atoms with E-state index in [1.807, 2.05) is 19.2 Å². The third-order valence-corrected chi connectivity index (χ3v) is 1.41. The Morgan fingerprint density at radius 3 is 3.10 bits per heavy atom. The van der Waals surface area contributed by atoms with Gasteiger partial charge >= 0.3 is 0 Å². The van der Waals surface area contributed by atoms with Crippen molar-refractivity contribution in [3.8, 4) is 0 Å². The molecule has 0 unspecified atom stereocenters. The number of aryl methyl sites for hydroxylation is 1. The molecule has 54 valence electrons. The van der Waals surface area contributed by atoms with Gasteiger partial charge in [0.05, 0.1) is 6.20 Å². The van der Waals surface area contributed by atoms with E-state index in [1.54, 1.807) is 6.20 Å². The average molecular weight is 137 g/mol. The molecule has 0 aromatic carbocycles. The summed E-state index contributed by atoms with van der Waals surface area (Å²) >= 11 is 0. The summed E-state index contributed by atoms with van der Waals surface area (Å²) in [6, 6.07) is 0. The predicted octanol–water partition coefficient (Wildman–Crippen LogP) is 0.733. The van der Waals surface area contributed by atoms with Crippen LogP contribution in [0.2, 0.25) is 0 Å². The molecule has 0 aliphatic carbocycles. The minimum atomic E-state index is 0.860. The molecule has 0 spiro atoms. The van der Waals surface area contributed by atoms with Crippen LogP contribution < -0.4 is 5.73 Å². The zero-order valence-electron chi connectivity index (χ0n) is 5.96. The van der Waals surface area contributed by atoms with E-state index in [9.17, 15) is 0 Å². The molecule has 3 N–H and O–H groups in total. The van der Waals surface area contributed by atoms with Crippen LogP contribution in [0.15, 0.2) is 18.5 Å². The first kappa shape index (κ1) is 6.86. The molecule has 0 fully saturated rings. The van der Waals surface area contributed by atoms with Crippen molar-refractivity contribution >= 4 is 0 Å². The summed E-state index contributed by atoms with van der Waals surface area (Å²) in [5.74, 6) is 0. The van der Waals surface area contributed by atoms with Crippen LogP contribution in [0.1, 0.15) is 11.3 Å². The molecule has 3 nitrogen and oxygen atoms in total. The quantitative estimate of drug-likeness (QED) is 0.631. The Labute approximate surface area is 59.9 Å². The van der Waals surface area contributed by atoms with Crippen LogP contribution in [0, 0.1) is 6.92 Å². The molecular formula is C7H11N3. The second-order valence-electron chi connectivity index (χ2n) is 2.15. The molecule has 0 saturated carbocycles. The Morgan fingerprint density at radius 2 is 2.60 bits per heavy atom. The number of rotatable bonds is 2. The third kappa shape index (κ3) is 1.37. The van der Waals surface area contributed by atoms with E-state index in [1.165, 1.54) is 5.56 Å². The van der Waals surface area contributed by atoms with Crippen LogP contribution in [-0.4, -0.2) is 10.2 Å². The van der Waals surface area contributed by atoms with E-state index < -0.39 is 0 Å². The molecule has 0 bridgehead atoms. The summed E-state index contributed by atoms with van der Waals surface area (Å²) in [6.07, 6.45) is 6.12. The first-order valence-electron chi connectivity index (χ1n) is 3.20. The maximum atomic E-state index is 5.18. The van der Waals surface area contributed by atoms with Crippen molar-refractivity contribution in [3.05, 3.63) is 29.7 Å². The van der Waals surface area contributed by atoms with Crippen LogP contribution in [0.3, 0.4) is 0 Å². The van der Waals surface area contributed by atoms with Crippen molar-refractivity contribution in [1.82, 2.24) is 10.2 Å². The summed E-state index contributed by atoms with van der Waals surface area (Å²) in [5, 5.41) is 6.73. The summed E-state index contributed by atoms with van der Waals surface area (Å²) in [6.45, 7) is 1.99. The molecule has 10 heavy (non-hydrogen) atoms. The second-order valence-corrected chi connectivity index (χ2v) is 2.15. The van der Waals surface area contributed by atoms with Gasteiger partial charge in [-0.2, -0.15) is 5.10 Å². The number of H-pyrrole nitrogens is 1. The maximum absolute atomic E-state index is 5.18. The Hall–Kier alpha value is -1.25. The highest BCUT2D eigenvalue weighted by Gasteiger charge is 1.94. The van der Waals surface area contributed by atoms with E-state index in [0.29, 0.717) is 0 Å². The number of aromatic amines is 1. The van der Waals surface area contributed by atoms with Gasteiger partial charge < -0.3 is 5.73 Å². The lowest BCUT2D eigenvalue weighted by Gasteiger charge is -1.89. The molecule has 1 heterocycles. The molecule has 3 heteroatoms. The fraction of sp³-hybridized carbons (Fsp3) is 0.286. The first-order chi connectivity index (χ1) is 4.84. The highest BCUT2D eigenvalue weighted by Crippen LogP contribution is 2.02. The Morgan fingerprint density at radius 1 is 1.80 bits per heavy atom. The summed E-state index contributed by atoms with van der Waals surface area (Å²) in [4.78, 5) is 0. The molecule has 0 aliphatic rings. The van der Waals surface area contributed by atoms with Gasteiger partial charge in [-0.1, -0.05) is 6.08 Å². The van der Waals surface area contributed by atoms with Crippen molar-refractivity contribution in [1.29, 1.82) is 0 Å². The highest BCUT2D eigenvalue weighted by atomic mass is 15.1. The van der Waals surface area contributed by atoms with Gasteiger partial charge in [-0.05, 0) is 25.1 Å². The molecule has 0 atom stereocenters. The standard InChI is InChI=1S/C7H11N3/c1-6-7(3-2-4-8)5-9-10-6/h2,4-5H,3,8H2,1H3,(H,9,10)/b4-2-. The van der Waals surface area contributed by atoms with Crippen LogP contribution in [0.5, 0.6) is 0 Å². The normalized spacial score (nSPS) is 10.9. The van der Waals surface area contributed by atoms with Crippen LogP contribution >= 0.6 is 0 Å². The lowest BCUT2D eigenvalue weighted by atomic mass is 10.2. The van der Waals surface area contributed by atoms with Gasteiger partial charge in [0, 0.05) is 5.69 Å². The molecule has 0 aliphatic heterocycles. The lowest BCUT2D eigenvalue weighted by molar-refractivity contribution is 1.04. The monoisotopic (exact) mass is 137 g/mol. The molecule has 0 amide bonds. The number of nitrogens with zero attached hydrogens (tertiary/aromatic N) is 1. The summed E-state index contributed by atoms with van der Waals surface area (Å²) in [7, 11) is 0. The van der Waals surface area contributed by atoms with Crippen molar-refractivity contribution < 1.29 is 0 Å². The molecular weight excluding hydrogens is 126 g/mol. The van der Waals surface area contributed by atoms with Crippen molar-refractivity contribution in [2.24, 2.45) is 5.73 Å². The predicted molar refractivity (Wildman–Crippen MR) is 40.4 cm³/mol. The summed E-state index contributed by atoms with van der Waals surface area (Å²) in [5.41, 5.74) is 7.49. The number of hydrogen-bond acceptors (Lipinski definition) is 2. The molecule has 1 aromatic heterocycles. The van der Waals surface area contributed by atoms with Gasteiger partial charge in [-0.15, -0.1) is 0 Å². The number of nitrogens with one attached hydrogen (secondary N) is 1. The molecule has 0 radical (unpaired) electrons. The highest BCUT2D eigenvalue weighted by molar-refractivity contribution is 5.17. The van der Waals surface area contributed by atoms with Gasteiger partial charge in [0.15, 0.2) is 0 Å². The minimum Gasteiger partial charge on any atom is -0.405 e. The molecule has 1 rings (SSSR count). The Bertz CT molecular complexity index is 225. The van der Waals surface area contributed by atoms with Gasteiger partial charge in [-0.25, -0.2) is 0 Å². The van der Waals surface area contributed by atoms with Crippen LogP contribution in [0.25, 0.3) is 0 Å². The number of aromatic nitrogens is 2. The van der Waals surface area contributed by atoms with Gasteiger partial charge in [-0.3, -0.25) is 5.10 Å². The van der Waals surface area contributed by atoms with E-state index in [0.717, 1.165) is 12.1 Å². The Balaban J connectivity index is 2.65. The Kier molecular flexibility index (Phi) is 2.10. The first-order valence-corrected chi connectivity index (χ1v) is 3.20. The van der Waals surface area contributed by atoms with E-state index >= 15 is 0 Å². The van der Waals surface area contributed by atoms with Gasteiger partial charge in [0.1, 0.15) is 0 Å². The maximum Gasteiger partial charge on any atom is 0.0525 e.